The maximum atomic E-state index is 5.53. The molecule has 0 unspecified atom stereocenters. The smallest absolute Gasteiger partial charge is 0.145 e. The van der Waals surface area contributed by atoms with E-state index in [0.29, 0.717) is 13.0 Å². The molecule has 0 saturated carbocycles. The van der Waals surface area contributed by atoms with Gasteiger partial charge in [0.25, 0.3) is 0 Å². The first-order valence-electron chi connectivity index (χ1n) is 8.99. The van der Waals surface area contributed by atoms with Gasteiger partial charge < -0.3 is 10.1 Å². The lowest BCUT2D eigenvalue weighted by molar-refractivity contribution is 0.418. The highest BCUT2D eigenvalue weighted by atomic mass is 16.5. The zero-order valence-corrected chi connectivity index (χ0v) is 15.2. The first-order chi connectivity index (χ1) is 13.3. The van der Waals surface area contributed by atoms with Crippen molar-refractivity contribution < 1.29 is 4.74 Å². The first kappa shape index (κ1) is 17.0. The van der Waals surface area contributed by atoms with Crippen molar-refractivity contribution >= 4 is 16.7 Å². The molecule has 4 rings (SSSR count). The van der Waals surface area contributed by atoms with Crippen LogP contribution in [0.2, 0.25) is 0 Å². The topological polar surface area (TPSA) is 47.0 Å². The average molecular weight is 355 g/mol. The van der Waals surface area contributed by atoms with E-state index in [-0.39, 0.29) is 0 Å². The number of hydrogen-bond acceptors (Lipinski definition) is 4. The summed E-state index contributed by atoms with van der Waals surface area (Å²) in [4.78, 5) is 9.59. The molecule has 1 heterocycles. The standard InChI is InChI=1S/C23H21N3O/c1-27-20-14-8-13-19-22(20)25-21(15-17-9-4-2-5-10-17)26-23(19)24-16-18-11-6-3-7-12-18/h2-14H,15-16H2,1H3,(H,24,25,26). The maximum absolute atomic E-state index is 5.53. The molecule has 4 aromatic rings. The van der Waals surface area contributed by atoms with Crippen molar-refractivity contribution in [2.45, 2.75) is 13.0 Å². The number of fused-ring (bicyclic) bond motifs is 1. The van der Waals surface area contributed by atoms with E-state index in [2.05, 4.69) is 29.6 Å². The van der Waals surface area contributed by atoms with Gasteiger partial charge in [0, 0.05) is 18.4 Å². The van der Waals surface area contributed by atoms with E-state index in [1.807, 2.05) is 54.6 Å². The molecule has 3 aromatic carbocycles. The molecule has 1 aromatic heterocycles. The number of rotatable bonds is 6. The quantitative estimate of drug-likeness (QED) is 0.537. The molecule has 1 N–H and O–H groups in total. The molecular weight excluding hydrogens is 334 g/mol. The number of aromatic nitrogens is 2. The minimum absolute atomic E-state index is 0.675. The molecule has 0 spiro atoms. The van der Waals surface area contributed by atoms with E-state index in [1.165, 1.54) is 11.1 Å². The van der Waals surface area contributed by atoms with Crippen molar-refractivity contribution in [3.05, 3.63) is 95.8 Å². The fourth-order valence-corrected chi connectivity index (χ4v) is 3.11. The third kappa shape index (κ3) is 3.90. The first-order valence-corrected chi connectivity index (χ1v) is 8.99. The zero-order chi connectivity index (χ0) is 18.5. The predicted molar refractivity (Wildman–Crippen MR) is 109 cm³/mol. The van der Waals surface area contributed by atoms with Gasteiger partial charge >= 0.3 is 0 Å². The molecular formula is C23H21N3O. The molecule has 0 amide bonds. The second kappa shape index (κ2) is 7.87. The van der Waals surface area contributed by atoms with E-state index in [1.54, 1.807) is 7.11 Å². The van der Waals surface area contributed by atoms with Gasteiger partial charge in [-0.15, -0.1) is 0 Å². The zero-order valence-electron chi connectivity index (χ0n) is 15.2. The van der Waals surface area contributed by atoms with Crippen LogP contribution in [0.15, 0.2) is 78.9 Å². The van der Waals surface area contributed by atoms with Gasteiger partial charge in [0.05, 0.1) is 7.11 Å². The number of nitrogens with one attached hydrogen (secondary N) is 1. The second-order valence-electron chi connectivity index (χ2n) is 6.35. The van der Waals surface area contributed by atoms with E-state index in [0.717, 1.165) is 28.3 Å². The van der Waals surface area contributed by atoms with Crippen molar-refractivity contribution in [1.82, 2.24) is 9.97 Å². The summed E-state index contributed by atoms with van der Waals surface area (Å²) in [6.45, 7) is 0.703. The van der Waals surface area contributed by atoms with Crippen molar-refractivity contribution in [1.29, 1.82) is 0 Å². The van der Waals surface area contributed by atoms with E-state index < -0.39 is 0 Å². The Bertz CT molecular complexity index is 1030. The molecule has 27 heavy (non-hydrogen) atoms. The maximum Gasteiger partial charge on any atom is 0.145 e. The average Bonchev–Trinajstić information content (AvgIpc) is 2.73. The molecule has 0 fully saturated rings. The lowest BCUT2D eigenvalue weighted by Crippen LogP contribution is -2.06. The largest absolute Gasteiger partial charge is 0.494 e. The third-order valence-corrected chi connectivity index (χ3v) is 4.46. The highest BCUT2D eigenvalue weighted by Gasteiger charge is 2.12. The highest BCUT2D eigenvalue weighted by molar-refractivity contribution is 5.93. The van der Waals surface area contributed by atoms with Gasteiger partial charge in [0.2, 0.25) is 0 Å². The fourth-order valence-electron chi connectivity index (χ4n) is 3.11. The minimum atomic E-state index is 0.675. The third-order valence-electron chi connectivity index (χ3n) is 4.46. The molecule has 134 valence electrons. The van der Waals surface area contributed by atoms with Crippen molar-refractivity contribution in [3.63, 3.8) is 0 Å². The summed E-state index contributed by atoms with van der Waals surface area (Å²) < 4.78 is 5.53. The van der Waals surface area contributed by atoms with Crippen LogP contribution in [-0.4, -0.2) is 17.1 Å². The Morgan fingerprint density at radius 2 is 1.48 bits per heavy atom. The lowest BCUT2D eigenvalue weighted by atomic mass is 10.1. The number of methoxy groups -OCH3 is 1. The van der Waals surface area contributed by atoms with Gasteiger partial charge in [-0.2, -0.15) is 0 Å². The number of ether oxygens (including phenoxy) is 1. The normalized spacial score (nSPS) is 10.7. The number of para-hydroxylation sites is 1. The molecule has 0 bridgehead atoms. The molecule has 4 nitrogen and oxygen atoms in total. The Morgan fingerprint density at radius 3 is 2.19 bits per heavy atom. The SMILES string of the molecule is COc1cccc2c(NCc3ccccc3)nc(Cc3ccccc3)nc12. The Kier molecular flexibility index (Phi) is 4.97. The van der Waals surface area contributed by atoms with Crippen LogP contribution in [-0.2, 0) is 13.0 Å². The molecule has 0 atom stereocenters. The summed E-state index contributed by atoms with van der Waals surface area (Å²) in [7, 11) is 1.67. The van der Waals surface area contributed by atoms with E-state index in [4.69, 9.17) is 14.7 Å². The van der Waals surface area contributed by atoms with Gasteiger partial charge in [0.15, 0.2) is 0 Å². The molecule has 0 aliphatic heterocycles. The van der Waals surface area contributed by atoms with Crippen molar-refractivity contribution in [2.75, 3.05) is 12.4 Å². The Balaban J connectivity index is 1.73. The number of nitrogens with zero attached hydrogens (tertiary/aromatic N) is 2. The lowest BCUT2D eigenvalue weighted by Gasteiger charge is -2.13. The monoisotopic (exact) mass is 355 g/mol. The summed E-state index contributed by atoms with van der Waals surface area (Å²) in [5.74, 6) is 2.36. The van der Waals surface area contributed by atoms with Crippen molar-refractivity contribution in [3.8, 4) is 5.75 Å². The van der Waals surface area contributed by atoms with Gasteiger partial charge in [-0.05, 0) is 23.3 Å². The van der Waals surface area contributed by atoms with Crippen LogP contribution in [0.3, 0.4) is 0 Å². The van der Waals surface area contributed by atoms with Crippen LogP contribution in [0.25, 0.3) is 10.9 Å². The summed E-state index contributed by atoms with van der Waals surface area (Å²) in [5.41, 5.74) is 3.22. The van der Waals surface area contributed by atoms with Crippen LogP contribution < -0.4 is 10.1 Å². The Labute approximate surface area is 158 Å². The summed E-state index contributed by atoms with van der Waals surface area (Å²) >= 11 is 0. The summed E-state index contributed by atoms with van der Waals surface area (Å²) in [5, 5.41) is 4.44. The Hall–Kier alpha value is -3.40. The van der Waals surface area contributed by atoms with Gasteiger partial charge in [-0.1, -0.05) is 66.7 Å². The second-order valence-corrected chi connectivity index (χ2v) is 6.35. The predicted octanol–water partition coefficient (Wildman–Crippen LogP) is 4.84. The van der Waals surface area contributed by atoms with Crippen LogP contribution in [0, 0.1) is 0 Å². The summed E-state index contributed by atoms with van der Waals surface area (Å²) in [6.07, 6.45) is 0.675. The van der Waals surface area contributed by atoms with E-state index in [9.17, 15) is 0 Å². The molecule has 4 heteroatoms. The highest BCUT2D eigenvalue weighted by Crippen LogP contribution is 2.29. The Morgan fingerprint density at radius 1 is 0.778 bits per heavy atom. The van der Waals surface area contributed by atoms with Crippen LogP contribution in [0.5, 0.6) is 5.75 Å². The number of anilines is 1. The molecule has 0 saturated heterocycles. The molecule has 0 aliphatic rings. The van der Waals surface area contributed by atoms with Crippen LogP contribution in [0.4, 0.5) is 5.82 Å². The number of hydrogen-bond donors (Lipinski definition) is 1. The van der Waals surface area contributed by atoms with Gasteiger partial charge in [0.1, 0.15) is 22.9 Å². The minimum Gasteiger partial charge on any atom is -0.494 e. The van der Waals surface area contributed by atoms with Crippen LogP contribution in [0.1, 0.15) is 17.0 Å². The molecule has 0 radical (unpaired) electrons. The van der Waals surface area contributed by atoms with Crippen molar-refractivity contribution in [2.24, 2.45) is 0 Å². The molecule has 0 aliphatic carbocycles. The van der Waals surface area contributed by atoms with Gasteiger partial charge in [-0.25, -0.2) is 9.97 Å². The fraction of sp³-hybridized carbons (Fsp3) is 0.130. The summed E-state index contributed by atoms with van der Waals surface area (Å²) in [6, 6.07) is 26.5. The van der Waals surface area contributed by atoms with Crippen LogP contribution >= 0.6 is 0 Å². The number of benzene rings is 3. The van der Waals surface area contributed by atoms with Gasteiger partial charge in [-0.3, -0.25) is 0 Å². The van der Waals surface area contributed by atoms with E-state index >= 15 is 0 Å².